The number of nitrogens with zero attached hydrogens (tertiary/aromatic N) is 2. The van der Waals surface area contributed by atoms with Crippen LogP contribution < -0.4 is 5.32 Å². The van der Waals surface area contributed by atoms with Gasteiger partial charge in [-0.05, 0) is 65.7 Å². The maximum atomic E-state index is 3.72. The predicted molar refractivity (Wildman–Crippen MR) is 73.3 cm³/mol. The molecular formula is C14H29N3. The molecule has 2 aliphatic rings. The van der Waals surface area contributed by atoms with E-state index < -0.39 is 0 Å². The average molecular weight is 239 g/mol. The van der Waals surface area contributed by atoms with Crippen molar-refractivity contribution < 1.29 is 0 Å². The molecule has 1 saturated carbocycles. The highest BCUT2D eigenvalue weighted by atomic mass is 15.2. The summed E-state index contributed by atoms with van der Waals surface area (Å²) in [7, 11) is 4.33. The standard InChI is InChI=1S/C14H29N3/c1-12-10-15-14(13-6-7-13)11-17(12)9-5-4-8-16(2)3/h12-15H,4-11H2,1-3H3. The van der Waals surface area contributed by atoms with Crippen LogP contribution in [0.2, 0.25) is 0 Å². The van der Waals surface area contributed by atoms with Crippen molar-refractivity contribution in [3.05, 3.63) is 0 Å². The molecule has 17 heavy (non-hydrogen) atoms. The predicted octanol–water partition coefficient (Wildman–Crippen LogP) is 1.40. The van der Waals surface area contributed by atoms with Crippen molar-refractivity contribution in [1.29, 1.82) is 0 Å². The van der Waals surface area contributed by atoms with Gasteiger partial charge < -0.3 is 10.2 Å². The minimum atomic E-state index is 0.726. The fourth-order valence-corrected chi connectivity index (χ4v) is 2.82. The van der Waals surface area contributed by atoms with Crippen molar-refractivity contribution in [3.63, 3.8) is 0 Å². The van der Waals surface area contributed by atoms with Crippen LogP contribution in [0.1, 0.15) is 32.6 Å². The van der Waals surface area contributed by atoms with Crippen molar-refractivity contribution in [2.75, 3.05) is 40.3 Å². The molecule has 1 aliphatic heterocycles. The van der Waals surface area contributed by atoms with Crippen LogP contribution >= 0.6 is 0 Å². The Morgan fingerprint density at radius 2 is 2.00 bits per heavy atom. The summed E-state index contributed by atoms with van der Waals surface area (Å²) in [6.07, 6.45) is 5.60. The number of rotatable bonds is 6. The minimum absolute atomic E-state index is 0.726. The van der Waals surface area contributed by atoms with E-state index >= 15 is 0 Å². The smallest absolute Gasteiger partial charge is 0.0224 e. The number of nitrogens with one attached hydrogen (secondary N) is 1. The molecule has 2 atom stereocenters. The van der Waals surface area contributed by atoms with Crippen molar-refractivity contribution in [1.82, 2.24) is 15.1 Å². The molecule has 1 N–H and O–H groups in total. The highest BCUT2D eigenvalue weighted by Crippen LogP contribution is 2.34. The first-order valence-electron chi connectivity index (χ1n) is 7.29. The molecule has 0 bridgehead atoms. The summed E-state index contributed by atoms with van der Waals surface area (Å²) in [5.74, 6) is 0.992. The minimum Gasteiger partial charge on any atom is -0.311 e. The second-order valence-electron chi connectivity index (χ2n) is 6.21. The lowest BCUT2D eigenvalue weighted by Gasteiger charge is -2.39. The lowest BCUT2D eigenvalue weighted by atomic mass is 10.1. The summed E-state index contributed by atoms with van der Waals surface area (Å²) in [5, 5.41) is 3.72. The van der Waals surface area contributed by atoms with E-state index in [2.05, 4.69) is 36.1 Å². The lowest BCUT2D eigenvalue weighted by molar-refractivity contribution is 0.129. The Morgan fingerprint density at radius 1 is 1.24 bits per heavy atom. The van der Waals surface area contributed by atoms with Crippen LogP contribution in [0.25, 0.3) is 0 Å². The Labute approximate surface area is 107 Å². The maximum absolute atomic E-state index is 3.72. The summed E-state index contributed by atoms with van der Waals surface area (Å²) in [6, 6.07) is 1.52. The molecule has 0 spiro atoms. The summed E-state index contributed by atoms with van der Waals surface area (Å²) < 4.78 is 0. The zero-order chi connectivity index (χ0) is 12.3. The summed E-state index contributed by atoms with van der Waals surface area (Å²) in [4.78, 5) is 4.99. The molecule has 1 heterocycles. The zero-order valence-corrected chi connectivity index (χ0v) is 11.8. The van der Waals surface area contributed by atoms with Gasteiger partial charge in [-0.3, -0.25) is 4.90 Å². The molecule has 1 saturated heterocycles. The normalized spacial score (nSPS) is 31.1. The first-order valence-corrected chi connectivity index (χ1v) is 7.29. The topological polar surface area (TPSA) is 18.5 Å². The monoisotopic (exact) mass is 239 g/mol. The third kappa shape index (κ3) is 4.23. The van der Waals surface area contributed by atoms with E-state index in [-0.39, 0.29) is 0 Å². The molecule has 0 aromatic rings. The van der Waals surface area contributed by atoms with Gasteiger partial charge in [0.25, 0.3) is 0 Å². The molecule has 0 radical (unpaired) electrons. The van der Waals surface area contributed by atoms with Crippen LogP contribution in [0.3, 0.4) is 0 Å². The molecule has 2 rings (SSSR count). The van der Waals surface area contributed by atoms with Gasteiger partial charge in [0.15, 0.2) is 0 Å². The van der Waals surface area contributed by atoms with Crippen LogP contribution in [-0.2, 0) is 0 Å². The molecule has 100 valence electrons. The Bertz CT molecular complexity index is 226. The Kier molecular flexibility index (Phi) is 4.83. The lowest BCUT2D eigenvalue weighted by Crippen LogP contribution is -2.56. The highest BCUT2D eigenvalue weighted by Gasteiger charge is 2.35. The van der Waals surface area contributed by atoms with E-state index in [1.165, 1.54) is 51.9 Å². The van der Waals surface area contributed by atoms with Crippen LogP contribution in [0.5, 0.6) is 0 Å². The number of hydrogen-bond acceptors (Lipinski definition) is 3. The van der Waals surface area contributed by atoms with E-state index in [0.29, 0.717) is 0 Å². The Hall–Kier alpha value is -0.120. The largest absolute Gasteiger partial charge is 0.311 e. The second kappa shape index (κ2) is 6.17. The van der Waals surface area contributed by atoms with E-state index in [9.17, 15) is 0 Å². The molecule has 2 fully saturated rings. The van der Waals surface area contributed by atoms with Crippen molar-refractivity contribution >= 4 is 0 Å². The van der Waals surface area contributed by atoms with E-state index in [0.717, 1.165) is 18.0 Å². The molecule has 1 aliphatic carbocycles. The number of piperazine rings is 1. The third-order valence-electron chi connectivity index (χ3n) is 4.22. The molecule has 3 heteroatoms. The summed E-state index contributed by atoms with van der Waals surface area (Å²) in [6.45, 7) is 7.36. The average Bonchev–Trinajstić information content (AvgIpc) is 3.10. The van der Waals surface area contributed by atoms with E-state index in [1.807, 2.05) is 0 Å². The van der Waals surface area contributed by atoms with Crippen LogP contribution in [0.4, 0.5) is 0 Å². The SMILES string of the molecule is CC1CNC(C2CC2)CN1CCCCN(C)C. The first kappa shape index (κ1) is 13.3. The van der Waals surface area contributed by atoms with Gasteiger partial charge >= 0.3 is 0 Å². The van der Waals surface area contributed by atoms with Gasteiger partial charge in [-0.1, -0.05) is 0 Å². The van der Waals surface area contributed by atoms with Crippen molar-refractivity contribution in [3.8, 4) is 0 Å². The van der Waals surface area contributed by atoms with Gasteiger partial charge in [-0.25, -0.2) is 0 Å². The number of unbranched alkanes of at least 4 members (excludes halogenated alkanes) is 1. The van der Waals surface area contributed by atoms with Gasteiger partial charge in [-0.2, -0.15) is 0 Å². The quantitative estimate of drug-likeness (QED) is 0.707. The van der Waals surface area contributed by atoms with E-state index in [1.54, 1.807) is 0 Å². The van der Waals surface area contributed by atoms with Crippen LogP contribution in [-0.4, -0.2) is 62.2 Å². The van der Waals surface area contributed by atoms with Crippen molar-refractivity contribution in [2.45, 2.75) is 44.7 Å². The fourth-order valence-electron chi connectivity index (χ4n) is 2.82. The van der Waals surface area contributed by atoms with Gasteiger partial charge in [-0.15, -0.1) is 0 Å². The number of hydrogen-bond donors (Lipinski definition) is 1. The van der Waals surface area contributed by atoms with Crippen molar-refractivity contribution in [2.24, 2.45) is 5.92 Å². The van der Waals surface area contributed by atoms with E-state index in [4.69, 9.17) is 0 Å². The van der Waals surface area contributed by atoms with Gasteiger partial charge in [0.2, 0.25) is 0 Å². The molecular weight excluding hydrogens is 210 g/mol. The third-order valence-corrected chi connectivity index (χ3v) is 4.22. The molecule has 0 aromatic carbocycles. The van der Waals surface area contributed by atoms with Gasteiger partial charge in [0.05, 0.1) is 0 Å². The molecule has 0 amide bonds. The first-order chi connectivity index (χ1) is 8.16. The molecule has 0 aromatic heterocycles. The maximum Gasteiger partial charge on any atom is 0.0224 e. The molecule has 3 nitrogen and oxygen atoms in total. The van der Waals surface area contributed by atoms with Crippen LogP contribution in [0.15, 0.2) is 0 Å². The Balaban J connectivity index is 1.66. The highest BCUT2D eigenvalue weighted by molar-refractivity contribution is 4.93. The summed E-state index contributed by atoms with van der Waals surface area (Å²) in [5.41, 5.74) is 0. The molecule has 2 unspecified atom stereocenters. The zero-order valence-electron chi connectivity index (χ0n) is 11.8. The second-order valence-corrected chi connectivity index (χ2v) is 6.21. The summed E-state index contributed by atoms with van der Waals surface area (Å²) >= 11 is 0. The van der Waals surface area contributed by atoms with Gasteiger partial charge in [0.1, 0.15) is 0 Å². The Morgan fingerprint density at radius 3 is 2.65 bits per heavy atom. The van der Waals surface area contributed by atoms with Crippen LogP contribution in [0, 0.1) is 5.92 Å². The fraction of sp³-hybridized carbons (Fsp3) is 1.00. The van der Waals surface area contributed by atoms with Gasteiger partial charge in [0, 0.05) is 25.2 Å².